The number of hydrogen-bond acceptors (Lipinski definition) is 6. The number of carbonyl (C=O) groups excluding carboxylic acids is 2. The van der Waals surface area contributed by atoms with Gasteiger partial charge in [-0.1, -0.05) is 106 Å². The summed E-state index contributed by atoms with van der Waals surface area (Å²) in [5, 5.41) is 23.1. The molecule has 4 aromatic heterocycles. The van der Waals surface area contributed by atoms with Crippen molar-refractivity contribution in [3.05, 3.63) is 160 Å². The Morgan fingerprint density at radius 2 is 1.28 bits per heavy atom. The fourth-order valence-corrected chi connectivity index (χ4v) is 14.0. The average Bonchev–Trinajstić information content (AvgIpc) is 4.17. The Kier molecular flexibility index (Phi) is 10.1. The van der Waals surface area contributed by atoms with Gasteiger partial charge in [0.1, 0.15) is 11.6 Å². The minimum absolute atomic E-state index is 0.124. The molecule has 1 aliphatic heterocycles. The van der Waals surface area contributed by atoms with Crippen molar-refractivity contribution in [1.82, 2.24) is 9.13 Å². The highest BCUT2D eigenvalue weighted by atomic mass is 32.1. The predicted octanol–water partition coefficient (Wildman–Crippen LogP) is 15.3. The van der Waals surface area contributed by atoms with Crippen LogP contribution in [-0.4, -0.2) is 32.0 Å². The second kappa shape index (κ2) is 16.3. The number of hydrogen-bond donors (Lipinski definition) is 1. The van der Waals surface area contributed by atoms with Crippen LogP contribution in [0.5, 0.6) is 0 Å². The summed E-state index contributed by atoms with van der Waals surface area (Å²) in [6, 6.07) is 45.6. The number of carbonyl (C=O) groups is 3. The van der Waals surface area contributed by atoms with Crippen molar-refractivity contribution >= 4 is 105 Å². The second-order valence-electron chi connectivity index (χ2n) is 18.4. The summed E-state index contributed by atoms with van der Waals surface area (Å²) in [7, 11) is 0. The van der Waals surface area contributed by atoms with Crippen LogP contribution in [0.3, 0.4) is 0 Å². The van der Waals surface area contributed by atoms with Gasteiger partial charge in [-0.25, -0.2) is 9.69 Å². The van der Waals surface area contributed by atoms with Crippen molar-refractivity contribution in [2.75, 3.05) is 4.90 Å². The molecular weight excluding hydrogens is 893 g/mol. The topological polar surface area (TPSA) is 108 Å². The number of aliphatic carboxylic acids is 1. The first kappa shape index (κ1) is 42.8. The summed E-state index contributed by atoms with van der Waals surface area (Å²) in [6.45, 7) is 7.44. The highest BCUT2D eigenvalue weighted by Gasteiger charge is 2.42. The van der Waals surface area contributed by atoms with E-state index in [1.165, 1.54) is 44.6 Å². The quantitative estimate of drug-likeness (QED) is 0.0746. The van der Waals surface area contributed by atoms with Crippen molar-refractivity contribution in [3.63, 3.8) is 0 Å². The van der Waals surface area contributed by atoms with Crippen molar-refractivity contribution in [1.29, 1.82) is 5.26 Å². The average molecular weight is 939 g/mol. The first-order valence-electron chi connectivity index (χ1n) is 23.8. The summed E-state index contributed by atoms with van der Waals surface area (Å²) in [4.78, 5) is 44.4. The van der Waals surface area contributed by atoms with E-state index in [9.17, 15) is 24.8 Å². The first-order valence-corrected chi connectivity index (χ1v) is 25.5. The van der Waals surface area contributed by atoms with E-state index in [1.54, 1.807) is 11.3 Å². The number of carboxylic acid groups (broad SMARTS) is 1. The van der Waals surface area contributed by atoms with E-state index in [0.717, 1.165) is 109 Å². The van der Waals surface area contributed by atoms with Crippen LogP contribution in [0, 0.1) is 11.3 Å². The molecule has 338 valence electrons. The van der Waals surface area contributed by atoms with Crippen LogP contribution in [0.25, 0.3) is 86.3 Å². The second-order valence-corrected chi connectivity index (χ2v) is 20.5. The fraction of sp³-hybridized carbons (Fsp3) is 0.186. The van der Waals surface area contributed by atoms with Crippen LogP contribution in [0.1, 0.15) is 96.0 Å². The van der Waals surface area contributed by atoms with Gasteiger partial charge in [0.2, 0.25) is 0 Å². The lowest BCUT2D eigenvalue weighted by Crippen LogP contribution is -2.40. The van der Waals surface area contributed by atoms with Crippen LogP contribution in [0.2, 0.25) is 0 Å². The third-order valence-corrected chi connectivity index (χ3v) is 17.1. The Balaban J connectivity index is 1.02. The van der Waals surface area contributed by atoms with Gasteiger partial charge in [0, 0.05) is 65.7 Å². The monoisotopic (exact) mass is 938 g/mol. The van der Waals surface area contributed by atoms with Crippen LogP contribution in [0.15, 0.2) is 133 Å². The number of benzene rings is 6. The zero-order chi connectivity index (χ0) is 47.3. The molecule has 1 aliphatic carbocycles. The standard InChI is InChI=1S/C59H46N4O4S2/c1-4-7-26-59(27-8-5-2)46-18-11-9-14-38(46)39-22-20-36(30-47(39)59)62-50-31-37(28-34(33-60)58(66)67)68-54(50)55-51(62)32-52(69-55)41-23-24-44-53-42(41)16-13-17-43(53)56(64)63(57(44)65)35-21-25-49-45(29-35)40-15-10-12-19-48(40)61(49)6-3/h9-25,28-32H,4-8,26-27H2,1-3H3,(H,66,67)/b34-28+. The van der Waals surface area contributed by atoms with Crippen molar-refractivity contribution in [2.45, 2.75) is 71.3 Å². The normalized spacial score (nSPS) is 14.2. The lowest BCUT2D eigenvalue weighted by molar-refractivity contribution is -0.132. The zero-order valence-corrected chi connectivity index (χ0v) is 40.1. The molecule has 10 heteroatoms. The maximum atomic E-state index is 14.7. The van der Waals surface area contributed by atoms with Crippen LogP contribution < -0.4 is 4.90 Å². The Bertz CT molecular complexity index is 3900. The number of fused-ring (bicyclic) bond motifs is 9. The zero-order valence-electron chi connectivity index (χ0n) is 38.4. The van der Waals surface area contributed by atoms with E-state index >= 15 is 0 Å². The highest BCUT2D eigenvalue weighted by Crippen LogP contribution is 2.55. The Morgan fingerprint density at radius 1 is 0.638 bits per heavy atom. The van der Waals surface area contributed by atoms with Crippen molar-refractivity contribution < 1.29 is 19.5 Å². The molecule has 0 saturated heterocycles. The number of carboxylic acids is 1. The van der Waals surface area contributed by atoms with Gasteiger partial charge < -0.3 is 14.2 Å². The molecule has 5 heterocycles. The van der Waals surface area contributed by atoms with Gasteiger partial charge in [0.15, 0.2) is 0 Å². The van der Waals surface area contributed by atoms with Crippen molar-refractivity contribution in [3.8, 4) is 33.3 Å². The van der Waals surface area contributed by atoms with Gasteiger partial charge in [-0.3, -0.25) is 9.59 Å². The van der Waals surface area contributed by atoms with Crippen LogP contribution in [-0.2, 0) is 16.8 Å². The van der Waals surface area contributed by atoms with E-state index in [2.05, 4.69) is 90.6 Å². The Labute approximate surface area is 406 Å². The molecule has 0 saturated carbocycles. The number of aryl methyl sites for hydroxylation is 1. The number of thiophene rings is 2. The number of aromatic nitrogens is 2. The number of rotatable bonds is 12. The van der Waals surface area contributed by atoms with Gasteiger partial charge in [0.05, 0.1) is 26.1 Å². The highest BCUT2D eigenvalue weighted by molar-refractivity contribution is 7.29. The first-order chi connectivity index (χ1) is 33.7. The van der Waals surface area contributed by atoms with E-state index in [1.807, 2.05) is 72.8 Å². The number of unbranched alkanes of at least 4 members (excludes halogenated alkanes) is 2. The minimum atomic E-state index is -1.26. The van der Waals surface area contributed by atoms with E-state index in [-0.39, 0.29) is 22.8 Å². The maximum absolute atomic E-state index is 14.7. The van der Waals surface area contributed by atoms with Gasteiger partial charge in [-0.05, 0) is 120 Å². The molecular formula is C59H46N4O4S2. The summed E-state index contributed by atoms with van der Waals surface area (Å²) in [6.07, 6.45) is 8.02. The molecule has 2 amide bonds. The van der Waals surface area contributed by atoms with Gasteiger partial charge >= 0.3 is 5.97 Å². The molecule has 10 aromatic rings. The molecule has 1 N–H and O–H groups in total. The van der Waals surface area contributed by atoms with Crippen LogP contribution in [0.4, 0.5) is 5.69 Å². The lowest BCUT2D eigenvalue weighted by Gasteiger charge is -2.33. The molecule has 69 heavy (non-hydrogen) atoms. The number of imide groups is 1. The molecule has 0 atom stereocenters. The van der Waals surface area contributed by atoms with Gasteiger partial charge in [-0.15, -0.1) is 22.7 Å². The largest absolute Gasteiger partial charge is 0.477 e. The smallest absolute Gasteiger partial charge is 0.346 e. The Hall–Kier alpha value is -7.58. The van der Waals surface area contributed by atoms with E-state index in [0.29, 0.717) is 27.1 Å². The number of anilines is 1. The molecule has 0 unspecified atom stereocenters. The molecule has 0 spiro atoms. The predicted molar refractivity (Wildman–Crippen MR) is 282 cm³/mol. The van der Waals surface area contributed by atoms with E-state index in [4.69, 9.17) is 0 Å². The molecule has 6 aromatic carbocycles. The summed E-state index contributed by atoms with van der Waals surface area (Å²) in [5.41, 5.74) is 12.4. The van der Waals surface area contributed by atoms with Gasteiger partial charge in [-0.2, -0.15) is 5.26 Å². The third-order valence-electron chi connectivity index (χ3n) is 14.7. The molecule has 0 radical (unpaired) electrons. The number of para-hydroxylation sites is 1. The molecule has 8 nitrogen and oxygen atoms in total. The van der Waals surface area contributed by atoms with E-state index < -0.39 is 5.97 Å². The lowest BCUT2D eigenvalue weighted by atomic mass is 9.71. The minimum Gasteiger partial charge on any atom is -0.477 e. The van der Waals surface area contributed by atoms with Gasteiger partial charge in [0.25, 0.3) is 11.8 Å². The summed E-state index contributed by atoms with van der Waals surface area (Å²) in [5.74, 6) is -1.98. The van der Waals surface area contributed by atoms with Crippen molar-refractivity contribution in [2.24, 2.45) is 0 Å². The number of nitriles is 1. The molecule has 2 aliphatic rings. The Morgan fingerprint density at radius 3 is 2.04 bits per heavy atom. The third kappa shape index (κ3) is 6.27. The number of amides is 2. The molecule has 12 rings (SSSR count). The molecule has 0 fully saturated rings. The SMILES string of the molecule is CCCCC1(CCCC)c2ccccc2-c2ccc(-n3c4cc(/C=C(\C#N)C(=O)O)sc4c4sc(-c5ccc6c7c(cccc57)C(=O)N(c5ccc7c(c5)c5ccccc5n7CC)C6=O)cc43)cc21. The maximum Gasteiger partial charge on any atom is 0.346 e. The molecule has 0 bridgehead atoms. The van der Waals surface area contributed by atoms with Crippen LogP contribution >= 0.6 is 22.7 Å². The number of nitrogens with zero attached hydrogens (tertiary/aromatic N) is 4. The summed E-state index contributed by atoms with van der Waals surface area (Å²) < 4.78 is 6.57. The summed E-state index contributed by atoms with van der Waals surface area (Å²) >= 11 is 3.11. The fourth-order valence-electron chi connectivity index (χ4n) is 11.6.